The van der Waals surface area contributed by atoms with Crippen LogP contribution >= 0.6 is 11.6 Å². The molecule has 0 aliphatic heterocycles. The second-order valence-corrected chi connectivity index (χ2v) is 4.50. The Morgan fingerprint density at radius 2 is 2.21 bits per heavy atom. The number of carboxylic acids is 1. The van der Waals surface area contributed by atoms with Crippen LogP contribution < -0.4 is 10.5 Å². The van der Waals surface area contributed by atoms with E-state index in [9.17, 15) is 4.79 Å². The van der Waals surface area contributed by atoms with Crippen LogP contribution in [0.2, 0.25) is 5.02 Å². The van der Waals surface area contributed by atoms with Gasteiger partial charge in [-0.3, -0.25) is 9.78 Å². The summed E-state index contributed by atoms with van der Waals surface area (Å²) in [5.74, 6) is -0.389. The third kappa shape index (κ3) is 2.77. The predicted molar refractivity (Wildman–Crippen MR) is 72.6 cm³/mol. The summed E-state index contributed by atoms with van der Waals surface area (Å²) >= 11 is 6.09. The fourth-order valence-corrected chi connectivity index (χ4v) is 2.01. The van der Waals surface area contributed by atoms with Gasteiger partial charge in [0.25, 0.3) is 0 Å². The van der Waals surface area contributed by atoms with Gasteiger partial charge < -0.3 is 15.6 Å². The largest absolute Gasteiger partial charge is 0.496 e. The number of aromatic nitrogens is 1. The molecule has 3 N–H and O–H groups in total. The lowest BCUT2D eigenvalue weighted by Gasteiger charge is -2.09. The monoisotopic (exact) mass is 280 g/mol. The van der Waals surface area contributed by atoms with Gasteiger partial charge >= 0.3 is 5.97 Å². The Balaban J connectivity index is 2.45. The zero-order chi connectivity index (χ0) is 14.0. The first-order valence-electron chi connectivity index (χ1n) is 5.63. The minimum atomic E-state index is -1.06. The van der Waals surface area contributed by atoms with E-state index in [1.54, 1.807) is 31.4 Å². The highest BCUT2D eigenvalue weighted by Gasteiger charge is 2.14. The van der Waals surface area contributed by atoms with Crippen molar-refractivity contribution in [2.45, 2.75) is 12.5 Å². The molecule has 0 radical (unpaired) electrons. The van der Waals surface area contributed by atoms with Gasteiger partial charge in [0.2, 0.25) is 0 Å². The van der Waals surface area contributed by atoms with Crippen molar-refractivity contribution in [1.82, 2.24) is 4.98 Å². The van der Waals surface area contributed by atoms with Gasteiger partial charge in [-0.25, -0.2) is 0 Å². The molecule has 2 rings (SSSR count). The number of hydrogen-bond donors (Lipinski definition) is 2. The zero-order valence-electron chi connectivity index (χ0n) is 10.3. The fourth-order valence-electron chi connectivity index (χ4n) is 1.80. The first-order valence-corrected chi connectivity index (χ1v) is 6.01. The van der Waals surface area contributed by atoms with E-state index < -0.39 is 12.0 Å². The standard InChI is InChI=1S/C13H13ClN2O3/c1-19-11-5-4-9(14)12-8(11)3-2-7(16-12)6-10(15)13(17)18/h2-5,10H,6,15H2,1H3,(H,17,18). The summed E-state index contributed by atoms with van der Waals surface area (Å²) in [6.07, 6.45) is 0.152. The van der Waals surface area contributed by atoms with Crippen molar-refractivity contribution < 1.29 is 14.6 Å². The number of benzene rings is 1. The van der Waals surface area contributed by atoms with E-state index in [0.717, 1.165) is 5.39 Å². The maximum atomic E-state index is 10.7. The predicted octanol–water partition coefficient (Wildman–Crippen LogP) is 1.85. The van der Waals surface area contributed by atoms with Gasteiger partial charge in [-0.1, -0.05) is 11.6 Å². The lowest BCUT2D eigenvalue weighted by Crippen LogP contribution is -2.32. The van der Waals surface area contributed by atoms with Gasteiger partial charge in [0.05, 0.1) is 17.6 Å². The SMILES string of the molecule is COc1ccc(Cl)c2nc(CC(N)C(=O)O)ccc12. The summed E-state index contributed by atoms with van der Waals surface area (Å²) in [5.41, 5.74) is 6.65. The molecule has 0 amide bonds. The summed E-state index contributed by atoms with van der Waals surface area (Å²) < 4.78 is 5.22. The Hall–Kier alpha value is -1.85. The van der Waals surface area contributed by atoms with Crippen LogP contribution in [0.15, 0.2) is 24.3 Å². The molecule has 19 heavy (non-hydrogen) atoms. The smallest absolute Gasteiger partial charge is 0.320 e. The molecule has 1 unspecified atom stereocenters. The molecule has 0 saturated carbocycles. The van der Waals surface area contributed by atoms with Crippen LogP contribution in [0, 0.1) is 0 Å². The number of pyridine rings is 1. The molecule has 0 bridgehead atoms. The summed E-state index contributed by atoms with van der Waals surface area (Å²) in [4.78, 5) is 15.1. The number of carboxylic acid groups (broad SMARTS) is 1. The van der Waals surface area contributed by atoms with Crippen LogP contribution in [0.3, 0.4) is 0 Å². The van der Waals surface area contributed by atoms with Gasteiger partial charge in [0.1, 0.15) is 11.8 Å². The first-order chi connectivity index (χ1) is 9.02. The number of rotatable bonds is 4. The Kier molecular flexibility index (Phi) is 3.87. The lowest BCUT2D eigenvalue weighted by molar-refractivity contribution is -0.138. The van der Waals surface area contributed by atoms with Crippen LogP contribution in [0.4, 0.5) is 0 Å². The second kappa shape index (κ2) is 5.42. The topological polar surface area (TPSA) is 85.4 Å². The molecular formula is C13H13ClN2O3. The summed E-state index contributed by atoms with van der Waals surface area (Å²) in [5, 5.41) is 10.1. The number of halogens is 1. The van der Waals surface area contributed by atoms with E-state index in [-0.39, 0.29) is 6.42 Å². The minimum absolute atomic E-state index is 0.152. The number of ether oxygens (including phenoxy) is 1. The molecule has 1 aromatic heterocycles. The number of methoxy groups -OCH3 is 1. The van der Waals surface area contributed by atoms with E-state index in [0.29, 0.717) is 22.0 Å². The Morgan fingerprint density at radius 1 is 1.47 bits per heavy atom. The molecule has 1 heterocycles. The maximum absolute atomic E-state index is 10.7. The van der Waals surface area contributed by atoms with Crippen LogP contribution in [-0.2, 0) is 11.2 Å². The molecule has 0 saturated heterocycles. The number of carbonyl (C=O) groups is 1. The van der Waals surface area contributed by atoms with Crippen molar-refractivity contribution in [3.05, 3.63) is 35.0 Å². The van der Waals surface area contributed by atoms with Gasteiger partial charge in [0.15, 0.2) is 0 Å². The molecule has 0 spiro atoms. The van der Waals surface area contributed by atoms with Crippen LogP contribution in [0.5, 0.6) is 5.75 Å². The summed E-state index contributed by atoms with van der Waals surface area (Å²) in [6.45, 7) is 0. The van der Waals surface area contributed by atoms with Crippen LogP contribution in [0.1, 0.15) is 5.69 Å². The molecular weight excluding hydrogens is 268 g/mol. The van der Waals surface area contributed by atoms with E-state index in [2.05, 4.69) is 4.98 Å². The van der Waals surface area contributed by atoms with Gasteiger partial charge in [-0.15, -0.1) is 0 Å². The zero-order valence-corrected chi connectivity index (χ0v) is 11.0. The Labute approximate surface area is 115 Å². The summed E-state index contributed by atoms with van der Waals surface area (Å²) in [7, 11) is 1.57. The molecule has 1 aromatic carbocycles. The number of nitrogens with zero attached hydrogens (tertiary/aromatic N) is 1. The number of fused-ring (bicyclic) bond motifs is 1. The van der Waals surface area contributed by atoms with Crippen molar-refractivity contribution in [3.8, 4) is 5.75 Å². The average Bonchev–Trinajstić information content (AvgIpc) is 2.39. The Morgan fingerprint density at radius 3 is 2.84 bits per heavy atom. The molecule has 0 aliphatic carbocycles. The molecule has 2 aromatic rings. The quantitative estimate of drug-likeness (QED) is 0.893. The van der Waals surface area contributed by atoms with Gasteiger partial charge in [-0.2, -0.15) is 0 Å². The highest BCUT2D eigenvalue weighted by Crippen LogP contribution is 2.30. The van der Waals surface area contributed by atoms with Crippen molar-refractivity contribution in [1.29, 1.82) is 0 Å². The van der Waals surface area contributed by atoms with Crippen LogP contribution in [-0.4, -0.2) is 29.2 Å². The normalized spacial score (nSPS) is 12.4. The highest BCUT2D eigenvalue weighted by atomic mass is 35.5. The van der Waals surface area contributed by atoms with Gasteiger partial charge in [-0.05, 0) is 24.3 Å². The third-order valence-corrected chi connectivity index (χ3v) is 3.10. The first kappa shape index (κ1) is 13.6. The fraction of sp³-hybridized carbons (Fsp3) is 0.231. The minimum Gasteiger partial charge on any atom is -0.496 e. The number of nitrogens with two attached hydrogens (primary N) is 1. The maximum Gasteiger partial charge on any atom is 0.320 e. The van der Waals surface area contributed by atoms with Crippen LogP contribution in [0.25, 0.3) is 10.9 Å². The van der Waals surface area contributed by atoms with E-state index in [1.165, 1.54) is 0 Å². The molecule has 0 fully saturated rings. The number of aliphatic carboxylic acids is 1. The Bertz CT molecular complexity index is 631. The third-order valence-electron chi connectivity index (χ3n) is 2.79. The van der Waals surface area contributed by atoms with Crippen molar-refractivity contribution in [2.24, 2.45) is 5.73 Å². The lowest BCUT2D eigenvalue weighted by atomic mass is 10.1. The summed E-state index contributed by atoms with van der Waals surface area (Å²) in [6, 6.07) is 6.00. The molecule has 5 nitrogen and oxygen atoms in total. The van der Waals surface area contributed by atoms with Gasteiger partial charge in [0, 0.05) is 17.5 Å². The molecule has 6 heteroatoms. The molecule has 0 aliphatic rings. The molecule has 1 atom stereocenters. The van der Waals surface area contributed by atoms with Crippen molar-refractivity contribution >= 4 is 28.5 Å². The van der Waals surface area contributed by atoms with E-state index in [1.807, 2.05) is 0 Å². The van der Waals surface area contributed by atoms with E-state index in [4.69, 9.17) is 27.2 Å². The number of hydrogen-bond acceptors (Lipinski definition) is 4. The highest BCUT2D eigenvalue weighted by molar-refractivity contribution is 6.35. The van der Waals surface area contributed by atoms with E-state index >= 15 is 0 Å². The average molecular weight is 281 g/mol. The second-order valence-electron chi connectivity index (χ2n) is 4.10. The molecule has 100 valence electrons. The van der Waals surface area contributed by atoms with Crippen molar-refractivity contribution in [3.63, 3.8) is 0 Å². The van der Waals surface area contributed by atoms with Crippen molar-refractivity contribution in [2.75, 3.05) is 7.11 Å².